The molecule has 1 aromatic rings. The van der Waals surface area contributed by atoms with Crippen LogP contribution in [0, 0.1) is 5.92 Å². The van der Waals surface area contributed by atoms with E-state index in [1.807, 2.05) is 6.07 Å². The zero-order valence-electron chi connectivity index (χ0n) is 10.2. The molecule has 0 spiro atoms. The molecular formula is C11H22ClN3O. The number of ether oxygens (including phenoxy) is 1. The molecular weight excluding hydrogens is 226 g/mol. The van der Waals surface area contributed by atoms with Crippen LogP contribution in [0.15, 0.2) is 12.3 Å². The largest absolute Gasteiger partial charge is 0.380 e. The van der Waals surface area contributed by atoms with Crippen LogP contribution in [0.4, 0.5) is 0 Å². The third kappa shape index (κ3) is 6.82. The lowest BCUT2D eigenvalue weighted by molar-refractivity contribution is 0.0934. The summed E-state index contributed by atoms with van der Waals surface area (Å²) in [5.74, 6) is 0.602. The molecule has 0 saturated heterocycles. The summed E-state index contributed by atoms with van der Waals surface area (Å²) in [6, 6.07) is 2.33. The quantitative estimate of drug-likeness (QED) is 0.775. The van der Waals surface area contributed by atoms with E-state index in [0.717, 1.165) is 25.5 Å². The van der Waals surface area contributed by atoms with Crippen molar-refractivity contribution in [2.45, 2.75) is 33.4 Å². The lowest BCUT2D eigenvalue weighted by atomic mass is 10.2. The summed E-state index contributed by atoms with van der Waals surface area (Å²) in [5.41, 5.74) is 1.10. The number of H-pyrrole nitrogens is 1. The number of nitrogens with zero attached hydrogens (tertiary/aromatic N) is 1. The Morgan fingerprint density at radius 2 is 2.12 bits per heavy atom. The van der Waals surface area contributed by atoms with E-state index < -0.39 is 0 Å². The molecule has 5 heteroatoms. The van der Waals surface area contributed by atoms with Gasteiger partial charge >= 0.3 is 0 Å². The molecule has 0 aliphatic rings. The van der Waals surface area contributed by atoms with Crippen molar-refractivity contribution >= 4 is 12.4 Å². The second kappa shape index (κ2) is 8.56. The van der Waals surface area contributed by atoms with Gasteiger partial charge in [0, 0.05) is 31.1 Å². The van der Waals surface area contributed by atoms with Gasteiger partial charge in [-0.15, -0.1) is 12.4 Å². The monoisotopic (exact) mass is 247 g/mol. The summed E-state index contributed by atoms with van der Waals surface area (Å²) < 4.78 is 5.54. The van der Waals surface area contributed by atoms with Gasteiger partial charge in [-0.3, -0.25) is 5.10 Å². The Morgan fingerprint density at radius 3 is 2.69 bits per heavy atom. The van der Waals surface area contributed by atoms with Crippen molar-refractivity contribution in [3.8, 4) is 0 Å². The average molecular weight is 248 g/mol. The molecule has 0 aliphatic carbocycles. The fraction of sp³-hybridized carbons (Fsp3) is 0.727. The molecule has 0 saturated carbocycles. The minimum atomic E-state index is 0. The van der Waals surface area contributed by atoms with Crippen molar-refractivity contribution in [1.82, 2.24) is 15.5 Å². The first-order valence-electron chi connectivity index (χ1n) is 5.48. The molecule has 0 aromatic carbocycles. The molecule has 0 bridgehead atoms. The smallest absolute Gasteiger partial charge is 0.0617 e. The maximum atomic E-state index is 5.54. The zero-order valence-corrected chi connectivity index (χ0v) is 11.0. The molecule has 1 aromatic heterocycles. The van der Waals surface area contributed by atoms with Crippen molar-refractivity contribution in [2.75, 3.05) is 13.2 Å². The van der Waals surface area contributed by atoms with Gasteiger partial charge < -0.3 is 10.1 Å². The number of hydrogen-bond acceptors (Lipinski definition) is 3. The van der Waals surface area contributed by atoms with Gasteiger partial charge in [0.1, 0.15) is 0 Å². The van der Waals surface area contributed by atoms with Gasteiger partial charge in [0.25, 0.3) is 0 Å². The number of halogens is 1. The standard InChI is InChI=1S/C11H21N3O.ClH/c1-9(2)7-15-8-10(3)12-6-11-4-5-13-14-11;/h4-5,9-10,12H,6-8H2,1-3H3,(H,13,14);1H. The number of aromatic amines is 1. The molecule has 1 atom stereocenters. The maximum Gasteiger partial charge on any atom is 0.0617 e. The summed E-state index contributed by atoms with van der Waals surface area (Å²) in [6.45, 7) is 8.83. The van der Waals surface area contributed by atoms with Crippen LogP contribution in [0.2, 0.25) is 0 Å². The Balaban J connectivity index is 0.00000225. The minimum Gasteiger partial charge on any atom is -0.380 e. The Bertz CT molecular complexity index is 252. The van der Waals surface area contributed by atoms with E-state index in [2.05, 4.69) is 36.3 Å². The Hall–Kier alpha value is -0.580. The van der Waals surface area contributed by atoms with Crippen LogP contribution < -0.4 is 5.32 Å². The van der Waals surface area contributed by atoms with E-state index in [-0.39, 0.29) is 12.4 Å². The first-order chi connectivity index (χ1) is 7.18. The van der Waals surface area contributed by atoms with Crippen LogP contribution in [-0.2, 0) is 11.3 Å². The predicted molar refractivity (Wildman–Crippen MR) is 67.8 cm³/mol. The number of hydrogen-bond donors (Lipinski definition) is 2. The molecule has 16 heavy (non-hydrogen) atoms. The first-order valence-corrected chi connectivity index (χ1v) is 5.48. The summed E-state index contributed by atoms with van der Waals surface area (Å²) >= 11 is 0. The number of rotatable bonds is 7. The molecule has 1 heterocycles. The molecule has 4 nitrogen and oxygen atoms in total. The highest BCUT2D eigenvalue weighted by molar-refractivity contribution is 5.85. The molecule has 0 amide bonds. The summed E-state index contributed by atoms with van der Waals surface area (Å²) in [5, 5.41) is 10.2. The van der Waals surface area contributed by atoms with Crippen molar-refractivity contribution in [3.63, 3.8) is 0 Å². The van der Waals surface area contributed by atoms with E-state index in [0.29, 0.717) is 12.0 Å². The van der Waals surface area contributed by atoms with Crippen LogP contribution in [-0.4, -0.2) is 29.5 Å². The van der Waals surface area contributed by atoms with Crippen LogP contribution >= 0.6 is 12.4 Å². The second-order valence-electron chi connectivity index (χ2n) is 4.30. The highest BCUT2D eigenvalue weighted by atomic mass is 35.5. The fourth-order valence-corrected chi connectivity index (χ4v) is 1.21. The maximum absolute atomic E-state index is 5.54. The molecule has 0 fully saturated rings. The van der Waals surface area contributed by atoms with Crippen LogP contribution in [0.3, 0.4) is 0 Å². The second-order valence-corrected chi connectivity index (χ2v) is 4.30. The first kappa shape index (κ1) is 15.4. The van der Waals surface area contributed by atoms with Gasteiger partial charge in [0.2, 0.25) is 0 Å². The molecule has 1 unspecified atom stereocenters. The SMILES string of the molecule is CC(C)COCC(C)NCc1ccn[nH]1.Cl. The van der Waals surface area contributed by atoms with Gasteiger partial charge in [-0.1, -0.05) is 13.8 Å². The van der Waals surface area contributed by atoms with E-state index in [1.165, 1.54) is 0 Å². The van der Waals surface area contributed by atoms with Gasteiger partial charge in [0.15, 0.2) is 0 Å². The van der Waals surface area contributed by atoms with Crippen LogP contribution in [0.1, 0.15) is 26.5 Å². The van der Waals surface area contributed by atoms with Crippen molar-refractivity contribution in [2.24, 2.45) is 5.92 Å². The molecule has 94 valence electrons. The van der Waals surface area contributed by atoms with Crippen LogP contribution in [0.25, 0.3) is 0 Å². The van der Waals surface area contributed by atoms with E-state index in [9.17, 15) is 0 Å². The van der Waals surface area contributed by atoms with Gasteiger partial charge in [-0.25, -0.2) is 0 Å². The molecule has 1 rings (SSSR count). The van der Waals surface area contributed by atoms with Crippen molar-refractivity contribution in [1.29, 1.82) is 0 Å². The molecule has 0 radical (unpaired) electrons. The summed E-state index contributed by atoms with van der Waals surface area (Å²) in [7, 11) is 0. The number of aromatic nitrogens is 2. The fourth-order valence-electron chi connectivity index (χ4n) is 1.21. The predicted octanol–water partition coefficient (Wildman–Crippen LogP) is 1.98. The van der Waals surface area contributed by atoms with Crippen LogP contribution in [0.5, 0.6) is 0 Å². The van der Waals surface area contributed by atoms with Gasteiger partial charge in [0.05, 0.1) is 6.61 Å². The Kier molecular flexibility index (Phi) is 8.25. The lowest BCUT2D eigenvalue weighted by Crippen LogP contribution is -2.30. The van der Waals surface area contributed by atoms with E-state index in [1.54, 1.807) is 6.20 Å². The van der Waals surface area contributed by atoms with E-state index in [4.69, 9.17) is 4.74 Å². The van der Waals surface area contributed by atoms with E-state index >= 15 is 0 Å². The lowest BCUT2D eigenvalue weighted by Gasteiger charge is -2.14. The topological polar surface area (TPSA) is 49.9 Å². The normalized spacial score (nSPS) is 12.5. The number of nitrogens with one attached hydrogen (secondary N) is 2. The van der Waals surface area contributed by atoms with Gasteiger partial charge in [-0.05, 0) is 18.9 Å². The zero-order chi connectivity index (χ0) is 11.1. The summed E-state index contributed by atoms with van der Waals surface area (Å²) in [4.78, 5) is 0. The Labute approximate surface area is 104 Å². The average Bonchev–Trinajstić information content (AvgIpc) is 2.66. The third-order valence-corrected chi connectivity index (χ3v) is 2.02. The highest BCUT2D eigenvalue weighted by Crippen LogP contribution is 1.95. The molecule has 0 aliphatic heterocycles. The Morgan fingerprint density at radius 1 is 1.38 bits per heavy atom. The van der Waals surface area contributed by atoms with Crippen molar-refractivity contribution < 1.29 is 4.74 Å². The molecule has 2 N–H and O–H groups in total. The minimum absolute atomic E-state index is 0. The highest BCUT2D eigenvalue weighted by Gasteiger charge is 2.02. The van der Waals surface area contributed by atoms with Crippen molar-refractivity contribution in [3.05, 3.63) is 18.0 Å². The summed E-state index contributed by atoms with van der Waals surface area (Å²) in [6.07, 6.45) is 1.76. The third-order valence-electron chi connectivity index (χ3n) is 2.02. The van der Waals surface area contributed by atoms with Gasteiger partial charge in [-0.2, -0.15) is 5.10 Å².